The van der Waals surface area contributed by atoms with Crippen LogP contribution in [0, 0.1) is 20.8 Å². The molecule has 1 fully saturated rings. The van der Waals surface area contributed by atoms with E-state index in [0.29, 0.717) is 23.3 Å². The zero-order valence-corrected chi connectivity index (χ0v) is 26.5. The molecule has 4 amide bonds. The molecule has 2 aliphatic heterocycles. The predicted molar refractivity (Wildman–Crippen MR) is 159 cm³/mol. The number of hydrogen-bond acceptors (Lipinski definition) is 9. The fourth-order valence-corrected chi connectivity index (χ4v) is 7.01. The third-order valence-electron chi connectivity index (χ3n) is 7.67. The molecule has 3 rings (SSSR count). The van der Waals surface area contributed by atoms with Crippen LogP contribution in [0.3, 0.4) is 0 Å². The Morgan fingerprint density at radius 1 is 1.23 bits per heavy atom. The number of guanidine groups is 1. The van der Waals surface area contributed by atoms with Crippen LogP contribution in [0.2, 0.25) is 0 Å². The number of nitrogens with one attached hydrogen (secondary N) is 3. The number of aliphatic imine (C=N–C) groups is 1. The molecule has 1 saturated heterocycles. The van der Waals surface area contributed by atoms with Gasteiger partial charge in [-0.1, -0.05) is 6.92 Å². The van der Waals surface area contributed by atoms with E-state index < -0.39 is 64.0 Å². The van der Waals surface area contributed by atoms with Gasteiger partial charge in [0, 0.05) is 18.5 Å². The number of hydrogen-bond donors (Lipinski definition) is 5. The van der Waals surface area contributed by atoms with Crippen molar-refractivity contribution in [2.75, 3.05) is 6.54 Å². The topological polar surface area (TPSA) is 227 Å². The Morgan fingerprint density at radius 3 is 2.48 bits per heavy atom. The first-order valence-electron chi connectivity index (χ1n) is 14.2. The van der Waals surface area contributed by atoms with Crippen LogP contribution in [0.15, 0.2) is 9.89 Å². The number of carbonyl (C=O) groups is 5. The molecule has 1 aromatic rings. The number of rotatable bonds is 13. The lowest BCUT2D eigenvalue weighted by molar-refractivity contribution is -0.140. The molecule has 0 bridgehead atoms. The summed E-state index contributed by atoms with van der Waals surface area (Å²) in [6.07, 6.45) is 0.576. The highest BCUT2D eigenvalue weighted by molar-refractivity contribution is 7.90. The van der Waals surface area contributed by atoms with Gasteiger partial charge >= 0.3 is 12.0 Å². The molecule has 0 saturated carbocycles. The third kappa shape index (κ3) is 7.29. The maximum Gasteiger partial charge on any atom is 0.325 e. The van der Waals surface area contributed by atoms with Crippen LogP contribution in [0.4, 0.5) is 4.79 Å². The third-order valence-corrected chi connectivity index (χ3v) is 9.30. The highest BCUT2D eigenvalue weighted by Gasteiger charge is 2.44. The van der Waals surface area contributed by atoms with Gasteiger partial charge in [0.2, 0.25) is 11.9 Å². The molecule has 2 aliphatic rings. The summed E-state index contributed by atoms with van der Waals surface area (Å²) in [6.45, 7) is 10.7. The smallest absolute Gasteiger partial charge is 0.325 e. The zero-order chi connectivity index (χ0) is 33.1. The quantitative estimate of drug-likeness (QED) is 0.0664. The minimum Gasteiger partial charge on any atom is -0.487 e. The molecule has 2 heterocycles. The Hall–Kier alpha value is -4.21. The second kappa shape index (κ2) is 13.2. The summed E-state index contributed by atoms with van der Waals surface area (Å²) in [5.41, 5.74) is 8.15. The van der Waals surface area contributed by atoms with E-state index in [9.17, 15) is 32.4 Å². The van der Waals surface area contributed by atoms with Gasteiger partial charge in [-0.3, -0.25) is 19.4 Å². The Kier molecular flexibility index (Phi) is 10.3. The standard InChI is InChI=1S/C28H40N6O9S/c1-7-20(24(38)31-17(13-35)11-21(36)37)34-25(39)19(32-27(34)40)9-8-10-30-26(29)33-44(41,42)23-15(3)14(2)22-18(16(23)4)12-28(5,6)43-22/h13,17,19-20H,7-12H2,1-6H3,(H,31,38)(H,32,40)(H,36,37)(H3,29,30,33)/t17-,19-,20-/m0/s1. The van der Waals surface area contributed by atoms with Crippen LogP contribution in [0.1, 0.15) is 68.7 Å². The first-order valence-corrected chi connectivity index (χ1v) is 15.7. The number of sulfonamides is 1. The van der Waals surface area contributed by atoms with E-state index >= 15 is 0 Å². The highest BCUT2D eigenvalue weighted by Crippen LogP contribution is 2.43. The van der Waals surface area contributed by atoms with Gasteiger partial charge in [0.05, 0.1) is 17.4 Å². The summed E-state index contributed by atoms with van der Waals surface area (Å²) in [6, 6.07) is -4.33. The number of urea groups is 1. The lowest BCUT2D eigenvalue weighted by Crippen LogP contribution is -2.52. The molecule has 16 heteroatoms. The van der Waals surface area contributed by atoms with Gasteiger partial charge in [0.1, 0.15) is 29.7 Å². The van der Waals surface area contributed by atoms with Crippen LogP contribution >= 0.6 is 0 Å². The normalized spacial score (nSPS) is 19.1. The maximum atomic E-state index is 13.3. The fourth-order valence-electron chi connectivity index (χ4n) is 5.49. The van der Waals surface area contributed by atoms with Gasteiger partial charge in [0.25, 0.3) is 15.9 Å². The molecule has 3 atom stereocenters. The number of fused-ring (bicyclic) bond motifs is 1. The van der Waals surface area contributed by atoms with Crippen molar-refractivity contribution >= 4 is 46.1 Å². The van der Waals surface area contributed by atoms with Crippen LogP contribution in [-0.4, -0.2) is 84.8 Å². The lowest BCUT2D eigenvalue weighted by Gasteiger charge is -2.24. The number of carboxylic acid groups (broad SMARTS) is 1. The highest BCUT2D eigenvalue weighted by atomic mass is 32.2. The van der Waals surface area contributed by atoms with E-state index in [-0.39, 0.29) is 42.9 Å². The summed E-state index contributed by atoms with van der Waals surface area (Å²) in [7, 11) is -4.09. The number of nitrogens with two attached hydrogens (primary N) is 1. The SMILES string of the molecule is CC[C@@H](C(=O)N[C@H](C=O)CC(=O)O)N1C(=O)N[C@@H](CCCN=C(N)NS(=O)(=O)c2c(C)c(C)c3c(c2C)CC(C)(C)O3)C1=O. The van der Waals surface area contributed by atoms with Crippen molar-refractivity contribution in [3.05, 3.63) is 22.3 Å². The lowest BCUT2D eigenvalue weighted by atomic mass is 9.94. The molecule has 44 heavy (non-hydrogen) atoms. The van der Waals surface area contributed by atoms with Crippen molar-refractivity contribution in [3.63, 3.8) is 0 Å². The number of ether oxygens (including phenoxy) is 1. The predicted octanol–water partition coefficient (Wildman–Crippen LogP) is 0.556. The molecule has 0 radical (unpaired) electrons. The Bertz CT molecular complexity index is 1510. The average Bonchev–Trinajstić information content (AvgIpc) is 3.39. The largest absolute Gasteiger partial charge is 0.487 e. The van der Waals surface area contributed by atoms with Crippen molar-refractivity contribution < 1.29 is 42.2 Å². The van der Waals surface area contributed by atoms with Crippen molar-refractivity contribution in [1.29, 1.82) is 0 Å². The second-order valence-corrected chi connectivity index (χ2v) is 13.2. The molecule has 0 unspecified atom stereocenters. The van der Waals surface area contributed by atoms with Gasteiger partial charge in [0.15, 0.2) is 0 Å². The molecule has 1 aromatic carbocycles. The number of benzene rings is 1. The Morgan fingerprint density at radius 2 is 1.89 bits per heavy atom. The van der Waals surface area contributed by atoms with Gasteiger partial charge < -0.3 is 31.0 Å². The minimum absolute atomic E-state index is 0.0326. The summed E-state index contributed by atoms with van der Waals surface area (Å²) in [4.78, 5) is 65.2. The Balaban J connectivity index is 1.62. The number of amides is 4. The van der Waals surface area contributed by atoms with E-state index in [1.54, 1.807) is 20.8 Å². The second-order valence-electron chi connectivity index (χ2n) is 11.5. The summed E-state index contributed by atoms with van der Waals surface area (Å²) in [5.74, 6) is -2.44. The molecule has 15 nitrogen and oxygen atoms in total. The number of nitrogens with zero attached hydrogens (tertiary/aromatic N) is 2. The number of aldehydes is 1. The van der Waals surface area contributed by atoms with Gasteiger partial charge in [-0.25, -0.2) is 22.8 Å². The fraction of sp³-hybridized carbons (Fsp3) is 0.571. The summed E-state index contributed by atoms with van der Waals surface area (Å²) in [5, 5.41) is 13.6. The molecule has 6 N–H and O–H groups in total. The van der Waals surface area contributed by atoms with Crippen molar-refractivity contribution in [1.82, 2.24) is 20.3 Å². The van der Waals surface area contributed by atoms with Crippen LogP contribution < -0.4 is 25.8 Å². The maximum absolute atomic E-state index is 13.3. The number of carbonyl (C=O) groups excluding carboxylic acids is 4. The first-order chi connectivity index (χ1) is 20.4. The molecule has 0 aliphatic carbocycles. The van der Waals surface area contributed by atoms with E-state index in [4.69, 9.17) is 15.6 Å². The molecule has 242 valence electrons. The Labute approximate surface area is 256 Å². The monoisotopic (exact) mass is 636 g/mol. The van der Waals surface area contributed by atoms with Crippen molar-refractivity contribution in [2.24, 2.45) is 10.7 Å². The van der Waals surface area contributed by atoms with Crippen LogP contribution in [-0.2, 0) is 35.6 Å². The molecule has 0 spiro atoms. The summed E-state index contributed by atoms with van der Waals surface area (Å²) >= 11 is 0. The van der Waals surface area contributed by atoms with Crippen LogP contribution in [0.25, 0.3) is 0 Å². The molecular formula is C28H40N6O9S. The number of carboxylic acids is 1. The van der Waals surface area contributed by atoms with Crippen molar-refractivity contribution in [2.45, 2.75) is 102 Å². The van der Waals surface area contributed by atoms with Gasteiger partial charge in [-0.15, -0.1) is 0 Å². The van der Waals surface area contributed by atoms with Gasteiger partial charge in [-0.05, 0) is 70.6 Å². The van der Waals surface area contributed by atoms with Crippen LogP contribution in [0.5, 0.6) is 5.75 Å². The zero-order valence-electron chi connectivity index (χ0n) is 25.6. The van der Waals surface area contributed by atoms with E-state index in [0.717, 1.165) is 16.0 Å². The van der Waals surface area contributed by atoms with E-state index in [1.165, 1.54) is 0 Å². The molecular weight excluding hydrogens is 596 g/mol. The van der Waals surface area contributed by atoms with Gasteiger partial charge in [-0.2, -0.15) is 0 Å². The number of aliphatic carboxylic acids is 1. The minimum atomic E-state index is -4.09. The number of imide groups is 1. The van der Waals surface area contributed by atoms with E-state index in [2.05, 4.69) is 20.3 Å². The first kappa shape index (κ1) is 34.3. The average molecular weight is 637 g/mol. The summed E-state index contributed by atoms with van der Waals surface area (Å²) < 4.78 is 35.1. The van der Waals surface area contributed by atoms with E-state index in [1.807, 2.05) is 20.8 Å². The molecule has 0 aromatic heterocycles. The van der Waals surface area contributed by atoms with Crippen molar-refractivity contribution in [3.8, 4) is 5.75 Å².